The summed E-state index contributed by atoms with van der Waals surface area (Å²) in [6, 6.07) is 15.6. The number of carbonyl (C=O) groups excluding carboxylic acids is 2. The van der Waals surface area contributed by atoms with Crippen LogP contribution in [0, 0.1) is 0 Å². The SMILES string of the molecule is CCCSC1(c2ccc(N(CCOCCOC)CCOCCOC)cc2)C(=O)C(c2ccc(N(CCOCCOC)CCOCCOC)cc2)C1=O. The summed E-state index contributed by atoms with van der Waals surface area (Å²) < 4.78 is 42.1. The monoisotopic (exact) mass is 748 g/mol. The Morgan fingerprint density at radius 2 is 0.904 bits per heavy atom. The summed E-state index contributed by atoms with van der Waals surface area (Å²) in [5, 5.41) is 0. The number of methoxy groups -OCH3 is 4. The van der Waals surface area contributed by atoms with Crippen LogP contribution in [0.5, 0.6) is 0 Å². The molecule has 1 saturated carbocycles. The predicted octanol–water partition coefficient (Wildman–Crippen LogP) is 4.23. The average molecular weight is 749 g/mol. The van der Waals surface area contributed by atoms with E-state index >= 15 is 0 Å². The van der Waals surface area contributed by atoms with Crippen molar-refractivity contribution in [1.29, 1.82) is 0 Å². The van der Waals surface area contributed by atoms with E-state index < -0.39 is 10.7 Å². The summed E-state index contributed by atoms with van der Waals surface area (Å²) in [5.74, 6) is -0.239. The van der Waals surface area contributed by atoms with Crippen LogP contribution in [0.4, 0.5) is 11.4 Å². The highest BCUT2D eigenvalue weighted by molar-refractivity contribution is 8.02. The second kappa shape index (κ2) is 25.4. The second-order valence-electron chi connectivity index (χ2n) is 12.2. The number of carbonyl (C=O) groups is 2. The van der Waals surface area contributed by atoms with E-state index in [1.54, 1.807) is 28.4 Å². The molecule has 1 aliphatic rings. The highest BCUT2D eigenvalue weighted by atomic mass is 32.2. The molecule has 0 heterocycles. The maximum atomic E-state index is 14.2. The molecule has 0 bridgehead atoms. The van der Waals surface area contributed by atoms with Gasteiger partial charge in [-0.15, -0.1) is 11.8 Å². The third-order valence-corrected chi connectivity index (χ3v) is 10.4. The number of Topliss-reactive ketones (excluding diaryl/α,β-unsaturated/α-hetero) is 2. The van der Waals surface area contributed by atoms with Crippen LogP contribution in [-0.4, -0.2) is 151 Å². The van der Waals surface area contributed by atoms with Gasteiger partial charge >= 0.3 is 0 Å². The predicted molar refractivity (Wildman–Crippen MR) is 205 cm³/mol. The summed E-state index contributed by atoms with van der Waals surface area (Å²) in [6.07, 6.45) is 0.852. The first-order valence-corrected chi connectivity index (χ1v) is 19.2. The molecule has 0 amide bonds. The molecule has 0 unspecified atom stereocenters. The van der Waals surface area contributed by atoms with Crippen molar-refractivity contribution >= 4 is 34.7 Å². The van der Waals surface area contributed by atoms with Gasteiger partial charge < -0.3 is 47.7 Å². The van der Waals surface area contributed by atoms with Gasteiger partial charge in [-0.1, -0.05) is 31.2 Å². The molecule has 0 saturated heterocycles. The molecule has 12 nitrogen and oxygen atoms in total. The van der Waals surface area contributed by atoms with Gasteiger partial charge in [-0.2, -0.15) is 0 Å². The van der Waals surface area contributed by atoms with E-state index in [1.165, 1.54) is 11.8 Å². The number of benzene rings is 2. The van der Waals surface area contributed by atoms with Crippen LogP contribution < -0.4 is 9.80 Å². The Bertz CT molecular complexity index is 1220. The summed E-state index contributed by atoms with van der Waals surface area (Å²) in [4.78, 5) is 32.7. The largest absolute Gasteiger partial charge is 0.382 e. The number of anilines is 2. The van der Waals surface area contributed by atoms with Crippen LogP contribution in [0.15, 0.2) is 48.5 Å². The molecule has 0 spiro atoms. The summed E-state index contributed by atoms with van der Waals surface area (Å²) >= 11 is 1.44. The van der Waals surface area contributed by atoms with Crippen molar-refractivity contribution in [2.24, 2.45) is 0 Å². The van der Waals surface area contributed by atoms with Crippen molar-refractivity contribution in [3.63, 3.8) is 0 Å². The lowest BCUT2D eigenvalue weighted by Crippen LogP contribution is -2.58. The van der Waals surface area contributed by atoms with Crippen molar-refractivity contribution in [1.82, 2.24) is 0 Å². The van der Waals surface area contributed by atoms with Crippen LogP contribution in [0.1, 0.15) is 30.4 Å². The molecule has 0 atom stereocenters. The molecular weight excluding hydrogens is 689 g/mol. The number of ketones is 2. The van der Waals surface area contributed by atoms with Crippen molar-refractivity contribution in [3.8, 4) is 0 Å². The third-order valence-electron chi connectivity index (χ3n) is 8.72. The number of rotatable bonds is 31. The fourth-order valence-electron chi connectivity index (χ4n) is 5.84. The van der Waals surface area contributed by atoms with Crippen molar-refractivity contribution < 1.29 is 47.5 Å². The number of hydrogen-bond acceptors (Lipinski definition) is 13. The number of ether oxygens (including phenoxy) is 8. The maximum Gasteiger partial charge on any atom is 0.175 e. The van der Waals surface area contributed by atoms with Gasteiger partial charge in [0.25, 0.3) is 0 Å². The van der Waals surface area contributed by atoms with Gasteiger partial charge in [0.15, 0.2) is 16.3 Å². The average Bonchev–Trinajstić information content (AvgIpc) is 3.17. The zero-order chi connectivity index (χ0) is 37.4. The molecule has 0 aliphatic heterocycles. The summed E-state index contributed by atoms with van der Waals surface area (Å²) in [5.41, 5.74) is 3.37. The zero-order valence-electron chi connectivity index (χ0n) is 31.8. The van der Waals surface area contributed by atoms with Crippen molar-refractivity contribution in [2.45, 2.75) is 24.0 Å². The minimum atomic E-state index is -1.22. The number of nitrogens with zero attached hydrogens (tertiary/aromatic N) is 2. The molecule has 13 heteroatoms. The first kappa shape index (κ1) is 43.8. The van der Waals surface area contributed by atoms with Gasteiger partial charge in [-0.05, 0) is 47.6 Å². The van der Waals surface area contributed by atoms with Gasteiger partial charge in [-0.3, -0.25) is 9.59 Å². The molecule has 3 rings (SSSR count). The quantitative estimate of drug-likeness (QED) is 0.0811. The highest BCUT2D eigenvalue weighted by Crippen LogP contribution is 2.53. The second-order valence-corrected chi connectivity index (χ2v) is 13.5. The number of thioether (sulfide) groups is 1. The Balaban J connectivity index is 1.75. The lowest BCUT2D eigenvalue weighted by atomic mass is 9.65. The highest BCUT2D eigenvalue weighted by Gasteiger charge is 2.63. The van der Waals surface area contributed by atoms with E-state index in [9.17, 15) is 9.59 Å². The lowest BCUT2D eigenvalue weighted by molar-refractivity contribution is -0.144. The first-order chi connectivity index (χ1) is 25.5. The Labute approximate surface area is 314 Å². The van der Waals surface area contributed by atoms with Crippen LogP contribution in [0.25, 0.3) is 0 Å². The van der Waals surface area contributed by atoms with Gasteiger partial charge in [0.2, 0.25) is 0 Å². The molecule has 0 radical (unpaired) electrons. The van der Waals surface area contributed by atoms with Crippen LogP contribution in [-0.2, 0) is 52.2 Å². The fourth-order valence-corrected chi connectivity index (χ4v) is 7.17. The van der Waals surface area contributed by atoms with Crippen molar-refractivity contribution in [3.05, 3.63) is 59.7 Å². The Kier molecular flexibility index (Phi) is 21.4. The molecule has 0 aromatic heterocycles. The first-order valence-electron chi connectivity index (χ1n) is 18.2. The maximum absolute atomic E-state index is 14.2. The molecule has 2 aromatic rings. The topological polar surface area (TPSA) is 114 Å². The van der Waals surface area contributed by atoms with E-state index in [0.29, 0.717) is 117 Å². The smallest absolute Gasteiger partial charge is 0.175 e. The van der Waals surface area contributed by atoms with Gasteiger partial charge in [0.1, 0.15) is 5.92 Å². The van der Waals surface area contributed by atoms with Crippen LogP contribution >= 0.6 is 11.8 Å². The standard InChI is InChI=1S/C39H60N2O10S/c1-6-31-52-39(33-9-13-35(14-10-33)41(17-21-50-29-25-46-4)18-22-51-30-26-47-5)37(42)36(38(39)43)32-7-11-34(12-8-32)40(15-19-48-27-23-44-2)16-20-49-28-24-45-3/h7-14,36H,6,15-31H2,1-5H3. The number of hydrogen-bond donors (Lipinski definition) is 0. The summed E-state index contributed by atoms with van der Waals surface area (Å²) in [6.45, 7) is 11.0. The van der Waals surface area contributed by atoms with Crippen LogP contribution in [0.3, 0.4) is 0 Å². The molecule has 292 valence electrons. The molecule has 1 aliphatic carbocycles. The molecular formula is C39H60N2O10S. The Morgan fingerprint density at radius 3 is 1.25 bits per heavy atom. The van der Waals surface area contributed by atoms with E-state index in [2.05, 4.69) is 16.7 Å². The van der Waals surface area contributed by atoms with Gasteiger partial charge in [0.05, 0.1) is 79.3 Å². The van der Waals surface area contributed by atoms with Crippen molar-refractivity contribution in [2.75, 3.05) is 149 Å². The molecule has 2 aromatic carbocycles. The van der Waals surface area contributed by atoms with E-state index in [-0.39, 0.29) is 11.6 Å². The normalized spacial score (nSPS) is 17.1. The third kappa shape index (κ3) is 13.1. The van der Waals surface area contributed by atoms with Crippen LogP contribution in [0.2, 0.25) is 0 Å². The van der Waals surface area contributed by atoms with E-state index in [4.69, 9.17) is 37.9 Å². The summed E-state index contributed by atoms with van der Waals surface area (Å²) in [7, 11) is 6.60. The molecule has 1 fully saturated rings. The van der Waals surface area contributed by atoms with Gasteiger partial charge in [0, 0.05) is 66.0 Å². The molecule has 52 heavy (non-hydrogen) atoms. The minimum Gasteiger partial charge on any atom is -0.382 e. The van der Waals surface area contributed by atoms with E-state index in [1.807, 2.05) is 48.5 Å². The zero-order valence-corrected chi connectivity index (χ0v) is 32.6. The lowest BCUT2D eigenvalue weighted by Gasteiger charge is -2.44. The minimum absolute atomic E-state index is 0.0682. The fraction of sp³-hybridized carbons (Fsp3) is 0.641. The molecule has 0 N–H and O–H groups in total. The Morgan fingerprint density at radius 1 is 0.538 bits per heavy atom. The van der Waals surface area contributed by atoms with Gasteiger partial charge in [-0.25, -0.2) is 0 Å². The van der Waals surface area contributed by atoms with E-state index in [0.717, 1.165) is 23.4 Å². The Hall–Kier alpha value is -2.59.